The molecule has 1 aliphatic heterocycles. The van der Waals surface area contributed by atoms with Gasteiger partial charge < -0.3 is 15.0 Å². The summed E-state index contributed by atoms with van der Waals surface area (Å²) in [6.45, 7) is 7.05. The van der Waals surface area contributed by atoms with Crippen molar-refractivity contribution in [2.24, 2.45) is 5.92 Å². The van der Waals surface area contributed by atoms with E-state index < -0.39 is 0 Å². The first-order chi connectivity index (χ1) is 9.76. The van der Waals surface area contributed by atoms with Gasteiger partial charge in [-0.1, -0.05) is 30.7 Å². The van der Waals surface area contributed by atoms with Gasteiger partial charge in [-0.2, -0.15) is 0 Å². The molecule has 0 aromatic heterocycles. The smallest absolute Gasteiger partial charge is 0.0642 e. The summed E-state index contributed by atoms with van der Waals surface area (Å²) in [6, 6.07) is 6.20. The van der Waals surface area contributed by atoms with Crippen LogP contribution in [0.25, 0.3) is 0 Å². The average molecular weight is 297 g/mol. The van der Waals surface area contributed by atoms with E-state index in [0.29, 0.717) is 5.92 Å². The first-order valence-corrected chi connectivity index (χ1v) is 7.86. The molecule has 1 fully saturated rings. The van der Waals surface area contributed by atoms with E-state index in [0.717, 1.165) is 44.2 Å². The van der Waals surface area contributed by atoms with Gasteiger partial charge in [-0.05, 0) is 31.0 Å². The Balaban J connectivity index is 2.09. The van der Waals surface area contributed by atoms with E-state index in [1.54, 1.807) is 7.11 Å². The highest BCUT2D eigenvalue weighted by atomic mass is 35.5. The average Bonchev–Trinajstić information content (AvgIpc) is 2.88. The lowest BCUT2D eigenvalue weighted by Crippen LogP contribution is -2.24. The number of methoxy groups -OCH3 is 1. The number of nitrogens with one attached hydrogen (secondary N) is 1. The van der Waals surface area contributed by atoms with Crippen molar-refractivity contribution in [3.8, 4) is 0 Å². The van der Waals surface area contributed by atoms with Gasteiger partial charge in [0.2, 0.25) is 0 Å². The third-order valence-corrected chi connectivity index (χ3v) is 4.12. The van der Waals surface area contributed by atoms with E-state index in [9.17, 15) is 0 Å². The summed E-state index contributed by atoms with van der Waals surface area (Å²) in [5.41, 5.74) is 2.50. The van der Waals surface area contributed by atoms with Gasteiger partial charge in [0.25, 0.3) is 0 Å². The second-order valence-corrected chi connectivity index (χ2v) is 5.89. The Hall–Kier alpha value is -0.770. The zero-order valence-corrected chi connectivity index (χ0v) is 13.2. The van der Waals surface area contributed by atoms with Gasteiger partial charge in [0.1, 0.15) is 0 Å². The van der Waals surface area contributed by atoms with Crippen molar-refractivity contribution in [3.05, 3.63) is 28.8 Å². The molecule has 112 valence electrons. The normalized spacial score (nSPS) is 18.8. The molecule has 0 aliphatic carbocycles. The number of para-hydroxylation sites is 1. The molecule has 1 aromatic carbocycles. The summed E-state index contributed by atoms with van der Waals surface area (Å²) < 4.78 is 5.28. The molecule has 4 heteroatoms. The summed E-state index contributed by atoms with van der Waals surface area (Å²) in [5, 5.41) is 4.33. The maximum atomic E-state index is 6.45. The number of ether oxygens (including phenoxy) is 1. The lowest BCUT2D eigenvalue weighted by Gasteiger charge is -2.23. The Labute approximate surface area is 127 Å². The Kier molecular flexibility index (Phi) is 6.14. The Morgan fingerprint density at radius 2 is 2.30 bits per heavy atom. The van der Waals surface area contributed by atoms with Crippen LogP contribution in [0.1, 0.15) is 25.3 Å². The third-order valence-electron chi connectivity index (χ3n) is 3.82. The Morgan fingerprint density at radius 3 is 3.05 bits per heavy atom. The molecule has 1 heterocycles. The molecular weight excluding hydrogens is 272 g/mol. The van der Waals surface area contributed by atoms with Crippen LogP contribution in [0.2, 0.25) is 5.02 Å². The second-order valence-electron chi connectivity index (χ2n) is 5.48. The lowest BCUT2D eigenvalue weighted by atomic mass is 10.1. The molecule has 1 aliphatic rings. The van der Waals surface area contributed by atoms with Gasteiger partial charge in [-0.15, -0.1) is 0 Å². The Morgan fingerprint density at radius 1 is 1.45 bits per heavy atom. The van der Waals surface area contributed by atoms with E-state index in [4.69, 9.17) is 16.3 Å². The summed E-state index contributed by atoms with van der Waals surface area (Å²) in [5.74, 6) is 0.618. The molecule has 1 saturated heterocycles. The summed E-state index contributed by atoms with van der Waals surface area (Å²) >= 11 is 6.45. The molecule has 1 aromatic rings. The number of hydrogen-bond acceptors (Lipinski definition) is 3. The highest BCUT2D eigenvalue weighted by Gasteiger charge is 2.25. The number of hydrogen-bond donors (Lipinski definition) is 1. The van der Waals surface area contributed by atoms with Gasteiger partial charge in [0.15, 0.2) is 0 Å². The number of rotatable bonds is 7. The van der Waals surface area contributed by atoms with Crippen LogP contribution in [0.4, 0.5) is 5.69 Å². The van der Waals surface area contributed by atoms with Crippen LogP contribution < -0.4 is 10.2 Å². The molecule has 0 bridgehead atoms. The molecule has 1 unspecified atom stereocenters. The van der Waals surface area contributed by atoms with Crippen LogP contribution in [0.3, 0.4) is 0 Å². The number of nitrogens with zero attached hydrogens (tertiary/aromatic N) is 1. The zero-order chi connectivity index (χ0) is 14.4. The largest absolute Gasteiger partial charge is 0.384 e. The van der Waals surface area contributed by atoms with Gasteiger partial charge >= 0.3 is 0 Å². The van der Waals surface area contributed by atoms with E-state index in [1.165, 1.54) is 17.7 Å². The Bertz CT molecular complexity index is 425. The number of halogens is 1. The predicted octanol–water partition coefficient (Wildman–Crippen LogP) is 3.31. The van der Waals surface area contributed by atoms with Gasteiger partial charge in [-0.3, -0.25) is 0 Å². The quantitative estimate of drug-likeness (QED) is 0.781. The van der Waals surface area contributed by atoms with Crippen LogP contribution in [0.15, 0.2) is 18.2 Å². The summed E-state index contributed by atoms with van der Waals surface area (Å²) in [6.07, 6.45) is 2.33. The number of anilines is 1. The van der Waals surface area contributed by atoms with Crippen molar-refractivity contribution in [2.75, 3.05) is 38.3 Å². The summed E-state index contributed by atoms with van der Waals surface area (Å²) in [7, 11) is 1.78. The van der Waals surface area contributed by atoms with Crippen LogP contribution in [0.5, 0.6) is 0 Å². The molecule has 0 radical (unpaired) electrons. The van der Waals surface area contributed by atoms with Gasteiger partial charge in [0, 0.05) is 32.7 Å². The van der Waals surface area contributed by atoms with Gasteiger partial charge in [-0.25, -0.2) is 0 Å². The van der Waals surface area contributed by atoms with Crippen molar-refractivity contribution in [2.45, 2.75) is 26.3 Å². The first-order valence-electron chi connectivity index (χ1n) is 7.48. The van der Waals surface area contributed by atoms with E-state index >= 15 is 0 Å². The van der Waals surface area contributed by atoms with E-state index in [1.807, 2.05) is 12.1 Å². The van der Waals surface area contributed by atoms with Crippen molar-refractivity contribution >= 4 is 17.3 Å². The standard InChI is InChI=1S/C16H25ClN2O/c1-3-8-18-10-14-5-4-6-15(17)16(14)19-9-7-13(11-19)12-20-2/h4-6,13,18H,3,7-12H2,1-2H3. The van der Waals surface area contributed by atoms with Crippen molar-refractivity contribution in [1.82, 2.24) is 5.32 Å². The maximum absolute atomic E-state index is 6.45. The highest BCUT2D eigenvalue weighted by Crippen LogP contribution is 2.33. The first kappa shape index (κ1) is 15.6. The van der Waals surface area contributed by atoms with E-state index in [-0.39, 0.29) is 0 Å². The van der Waals surface area contributed by atoms with Crippen LogP contribution >= 0.6 is 11.6 Å². The maximum Gasteiger partial charge on any atom is 0.0642 e. The molecule has 1 atom stereocenters. The topological polar surface area (TPSA) is 24.5 Å². The SMILES string of the molecule is CCCNCc1cccc(Cl)c1N1CCC(COC)C1. The van der Waals surface area contributed by atoms with Crippen LogP contribution in [-0.4, -0.2) is 33.4 Å². The predicted molar refractivity (Wildman–Crippen MR) is 85.6 cm³/mol. The molecule has 20 heavy (non-hydrogen) atoms. The van der Waals surface area contributed by atoms with Crippen molar-refractivity contribution in [3.63, 3.8) is 0 Å². The monoisotopic (exact) mass is 296 g/mol. The molecule has 0 spiro atoms. The van der Waals surface area contributed by atoms with Crippen molar-refractivity contribution in [1.29, 1.82) is 0 Å². The summed E-state index contributed by atoms with van der Waals surface area (Å²) in [4.78, 5) is 2.41. The van der Waals surface area contributed by atoms with Crippen LogP contribution in [0, 0.1) is 5.92 Å². The molecular formula is C16H25ClN2O. The molecule has 0 saturated carbocycles. The van der Waals surface area contributed by atoms with Crippen molar-refractivity contribution < 1.29 is 4.74 Å². The molecule has 0 amide bonds. The highest BCUT2D eigenvalue weighted by molar-refractivity contribution is 6.33. The molecule has 1 N–H and O–H groups in total. The minimum atomic E-state index is 0.618. The molecule has 3 nitrogen and oxygen atoms in total. The number of benzene rings is 1. The minimum absolute atomic E-state index is 0.618. The minimum Gasteiger partial charge on any atom is -0.384 e. The lowest BCUT2D eigenvalue weighted by molar-refractivity contribution is 0.161. The fourth-order valence-corrected chi connectivity index (χ4v) is 3.18. The van der Waals surface area contributed by atoms with E-state index in [2.05, 4.69) is 23.2 Å². The van der Waals surface area contributed by atoms with Gasteiger partial charge in [0.05, 0.1) is 17.3 Å². The fraction of sp³-hybridized carbons (Fsp3) is 0.625. The zero-order valence-electron chi connectivity index (χ0n) is 12.5. The third kappa shape index (κ3) is 3.87. The fourth-order valence-electron chi connectivity index (χ4n) is 2.86. The van der Waals surface area contributed by atoms with Crippen LogP contribution in [-0.2, 0) is 11.3 Å². The molecule has 2 rings (SSSR count). The second kappa shape index (κ2) is 7.87.